The Bertz CT molecular complexity index is 1040. The first-order valence-corrected chi connectivity index (χ1v) is 21.6. The number of unbranched alkanes of at least 4 members (excludes halogenated alkanes) is 16. The first-order chi connectivity index (χ1) is 25.4. The van der Waals surface area contributed by atoms with Crippen molar-refractivity contribution in [3.05, 3.63) is 24.3 Å². The van der Waals surface area contributed by atoms with Gasteiger partial charge >= 0.3 is 19.8 Å². The molecule has 8 atom stereocenters. The van der Waals surface area contributed by atoms with Crippen molar-refractivity contribution in [2.45, 2.75) is 198 Å². The summed E-state index contributed by atoms with van der Waals surface area (Å²) in [6.07, 6.45) is 17.2. The predicted molar refractivity (Wildman–Crippen MR) is 203 cm³/mol. The normalized spacial score (nSPS) is 23.7. The van der Waals surface area contributed by atoms with Crippen molar-refractivity contribution in [1.82, 2.24) is 0 Å². The third-order valence-electron chi connectivity index (χ3n) is 9.30. The van der Waals surface area contributed by atoms with Crippen LogP contribution in [0, 0.1) is 0 Å². The van der Waals surface area contributed by atoms with Crippen LogP contribution in [-0.2, 0) is 32.7 Å². The number of carbonyl (C=O) groups excluding carboxylic acids is 2. The summed E-state index contributed by atoms with van der Waals surface area (Å²) in [5.74, 6) is -1.16. The smallest absolute Gasteiger partial charge is 0.462 e. The zero-order valence-electron chi connectivity index (χ0n) is 32.3. The summed E-state index contributed by atoms with van der Waals surface area (Å²) in [5, 5.41) is 49.9. The van der Waals surface area contributed by atoms with Gasteiger partial charge in [0.15, 0.2) is 6.10 Å². The molecule has 1 aliphatic rings. The summed E-state index contributed by atoms with van der Waals surface area (Å²) < 4.78 is 33.2. The molecule has 0 amide bonds. The molecule has 0 bridgehead atoms. The van der Waals surface area contributed by atoms with Crippen LogP contribution in [0.25, 0.3) is 0 Å². The quantitative estimate of drug-likeness (QED) is 0.0187. The maximum atomic E-state index is 12.7. The summed E-state index contributed by atoms with van der Waals surface area (Å²) in [7, 11) is -5.11. The van der Waals surface area contributed by atoms with Crippen molar-refractivity contribution in [2.75, 3.05) is 13.2 Å². The van der Waals surface area contributed by atoms with E-state index in [0.717, 1.165) is 44.9 Å². The third-order valence-corrected chi connectivity index (χ3v) is 10.3. The Kier molecular flexibility index (Phi) is 28.4. The van der Waals surface area contributed by atoms with Crippen molar-refractivity contribution in [1.29, 1.82) is 0 Å². The predicted octanol–water partition coefficient (Wildman–Crippen LogP) is 6.50. The molecule has 0 aromatic rings. The van der Waals surface area contributed by atoms with Gasteiger partial charge < -0.3 is 39.9 Å². The van der Waals surface area contributed by atoms with Crippen LogP contribution >= 0.6 is 7.82 Å². The monoisotopic (exact) mass is 778 g/mol. The second-order valence-corrected chi connectivity index (χ2v) is 15.5. The van der Waals surface area contributed by atoms with E-state index in [1.165, 1.54) is 64.2 Å². The number of aliphatic hydroxyl groups excluding tert-OH is 5. The summed E-state index contributed by atoms with van der Waals surface area (Å²) >= 11 is 0. The van der Waals surface area contributed by atoms with Gasteiger partial charge in [-0.3, -0.25) is 18.6 Å². The molecule has 0 aromatic carbocycles. The van der Waals surface area contributed by atoms with E-state index in [-0.39, 0.29) is 12.8 Å². The third kappa shape index (κ3) is 23.8. The molecule has 14 heteroatoms. The molecule has 0 radical (unpaired) electrons. The van der Waals surface area contributed by atoms with E-state index >= 15 is 0 Å². The molecule has 1 rings (SSSR count). The number of esters is 2. The topological polar surface area (TPSA) is 210 Å². The molecule has 6 unspecified atom stereocenters. The number of aliphatic hydroxyl groups is 5. The fraction of sp³-hybridized carbons (Fsp3) is 0.846. The van der Waals surface area contributed by atoms with E-state index in [9.17, 15) is 44.6 Å². The Morgan fingerprint density at radius 1 is 0.585 bits per heavy atom. The van der Waals surface area contributed by atoms with Crippen LogP contribution in [0.15, 0.2) is 24.3 Å². The highest BCUT2D eigenvalue weighted by molar-refractivity contribution is 7.47. The summed E-state index contributed by atoms with van der Waals surface area (Å²) in [6.45, 7) is 3.18. The maximum Gasteiger partial charge on any atom is 0.472 e. The lowest BCUT2D eigenvalue weighted by molar-refractivity contribution is -0.220. The first kappa shape index (κ1) is 49.3. The standard InChI is InChI=1S/C39H71O13P/c1-3-5-7-9-11-12-13-14-15-16-17-18-19-20-22-24-26-28-33(41)51-31(29-49-32(40)27-25-23-21-10-8-6-4-2)30-50-53(47,48)52-39-37(45)35(43)34(42)36(44)38(39)46/h17-18,20,22,31,34-39,42-46H,3-16,19,21,23-30H2,1-2H3,(H,47,48)/b18-17+,22-20+/t31-,34?,35-,36?,37?,38?,39?/m1/s1. The van der Waals surface area contributed by atoms with Crippen LogP contribution in [0.5, 0.6) is 0 Å². The van der Waals surface area contributed by atoms with Crippen molar-refractivity contribution >= 4 is 19.8 Å². The first-order valence-electron chi connectivity index (χ1n) is 20.1. The van der Waals surface area contributed by atoms with Crippen molar-refractivity contribution < 1.29 is 63.1 Å². The van der Waals surface area contributed by atoms with E-state index in [4.69, 9.17) is 18.5 Å². The Morgan fingerprint density at radius 3 is 1.58 bits per heavy atom. The molecule has 0 saturated heterocycles. The van der Waals surface area contributed by atoms with Gasteiger partial charge in [0.25, 0.3) is 0 Å². The highest BCUT2D eigenvalue weighted by Crippen LogP contribution is 2.47. The van der Waals surface area contributed by atoms with Gasteiger partial charge in [0.1, 0.15) is 43.2 Å². The molecule has 6 N–H and O–H groups in total. The Hall–Kier alpha value is -1.67. The minimum absolute atomic E-state index is 0.0348. The summed E-state index contributed by atoms with van der Waals surface area (Å²) in [5.41, 5.74) is 0. The average molecular weight is 779 g/mol. The van der Waals surface area contributed by atoms with Gasteiger partial charge in [0.2, 0.25) is 0 Å². The molecule has 1 aliphatic carbocycles. The highest BCUT2D eigenvalue weighted by Gasteiger charge is 2.51. The van der Waals surface area contributed by atoms with E-state index < -0.39 is 75.7 Å². The average Bonchev–Trinajstić information content (AvgIpc) is 3.13. The molecule has 1 fully saturated rings. The summed E-state index contributed by atoms with van der Waals surface area (Å²) in [4.78, 5) is 35.3. The van der Waals surface area contributed by atoms with Gasteiger partial charge in [-0.25, -0.2) is 4.57 Å². The van der Waals surface area contributed by atoms with Crippen LogP contribution in [0.3, 0.4) is 0 Å². The van der Waals surface area contributed by atoms with E-state index in [2.05, 4.69) is 26.0 Å². The van der Waals surface area contributed by atoms with Crippen LogP contribution in [0.2, 0.25) is 0 Å². The number of hydrogen-bond acceptors (Lipinski definition) is 12. The lowest BCUT2D eigenvalue weighted by Gasteiger charge is -2.41. The van der Waals surface area contributed by atoms with Crippen molar-refractivity contribution in [3.63, 3.8) is 0 Å². The lowest BCUT2D eigenvalue weighted by Crippen LogP contribution is -2.64. The molecular weight excluding hydrogens is 707 g/mol. The van der Waals surface area contributed by atoms with E-state index in [1.807, 2.05) is 12.2 Å². The largest absolute Gasteiger partial charge is 0.472 e. The van der Waals surface area contributed by atoms with E-state index in [1.54, 1.807) is 0 Å². The molecule has 0 aromatic heterocycles. The highest BCUT2D eigenvalue weighted by atomic mass is 31.2. The summed E-state index contributed by atoms with van der Waals surface area (Å²) in [6, 6.07) is 0. The number of phosphoric ester groups is 1. The van der Waals surface area contributed by atoms with Crippen LogP contribution in [0.4, 0.5) is 0 Å². The van der Waals surface area contributed by atoms with Crippen LogP contribution in [-0.4, -0.2) is 98.3 Å². The maximum absolute atomic E-state index is 12.7. The zero-order chi connectivity index (χ0) is 39.3. The van der Waals surface area contributed by atoms with Gasteiger partial charge in [0, 0.05) is 12.8 Å². The van der Waals surface area contributed by atoms with E-state index in [0.29, 0.717) is 19.3 Å². The SMILES string of the molecule is CCCCCCCCCCC/C=C/C/C=C/CCCC(=O)O[C@H](COC(=O)CCCCCCCCC)COP(=O)(O)OC1C(O)C(O)C(O)[C@@H](O)C1O. The second kappa shape index (κ2) is 30.5. The number of phosphoric acid groups is 1. The van der Waals surface area contributed by atoms with Crippen LogP contribution < -0.4 is 0 Å². The Labute approximate surface area is 317 Å². The molecule has 13 nitrogen and oxygen atoms in total. The fourth-order valence-electron chi connectivity index (χ4n) is 5.97. The zero-order valence-corrected chi connectivity index (χ0v) is 33.2. The minimum Gasteiger partial charge on any atom is -0.462 e. The van der Waals surface area contributed by atoms with Gasteiger partial charge in [-0.15, -0.1) is 0 Å². The Balaban J connectivity index is 2.52. The lowest BCUT2D eigenvalue weighted by atomic mass is 9.85. The second-order valence-electron chi connectivity index (χ2n) is 14.1. The molecule has 0 heterocycles. The molecule has 0 spiro atoms. The number of ether oxygens (including phenoxy) is 2. The van der Waals surface area contributed by atoms with Crippen molar-refractivity contribution in [3.8, 4) is 0 Å². The minimum atomic E-state index is -5.11. The Morgan fingerprint density at radius 2 is 1.04 bits per heavy atom. The van der Waals surface area contributed by atoms with Gasteiger partial charge in [-0.1, -0.05) is 128 Å². The van der Waals surface area contributed by atoms with Crippen molar-refractivity contribution in [2.24, 2.45) is 0 Å². The molecular formula is C39H71O13P. The number of rotatable bonds is 32. The molecule has 0 aliphatic heterocycles. The fourth-order valence-corrected chi connectivity index (χ4v) is 6.94. The van der Waals surface area contributed by atoms with Gasteiger partial charge in [0.05, 0.1) is 6.61 Å². The van der Waals surface area contributed by atoms with Crippen LogP contribution in [0.1, 0.15) is 155 Å². The van der Waals surface area contributed by atoms with Gasteiger partial charge in [-0.05, 0) is 38.5 Å². The molecule has 1 saturated carbocycles. The molecule has 310 valence electrons. The molecule has 53 heavy (non-hydrogen) atoms. The number of carbonyl (C=O) groups is 2. The number of hydrogen-bond donors (Lipinski definition) is 6. The van der Waals surface area contributed by atoms with Gasteiger partial charge in [-0.2, -0.15) is 0 Å². The number of allylic oxidation sites excluding steroid dienone is 4.